The molecular formula is C22H26ClN3. The number of halogens is 1. The molecule has 0 radical (unpaired) electrons. The normalized spacial score (nSPS) is 12.2. The molecule has 2 N–H and O–H groups in total. The largest absolute Gasteiger partial charge is 0.384 e. The third-order valence-corrected chi connectivity index (χ3v) is 4.91. The Morgan fingerprint density at radius 3 is 2.69 bits per heavy atom. The van der Waals surface area contributed by atoms with Gasteiger partial charge in [0.1, 0.15) is 0 Å². The smallest absolute Gasteiger partial charge is 0.0737 e. The van der Waals surface area contributed by atoms with Crippen molar-refractivity contribution in [2.45, 2.75) is 25.7 Å². The molecule has 1 heterocycles. The summed E-state index contributed by atoms with van der Waals surface area (Å²) in [6.07, 6.45) is 4.06. The number of anilines is 1. The van der Waals surface area contributed by atoms with Crippen LogP contribution >= 0.6 is 11.6 Å². The molecule has 4 heteroatoms. The van der Waals surface area contributed by atoms with Crippen molar-refractivity contribution in [2.24, 2.45) is 0 Å². The molecule has 0 aliphatic carbocycles. The van der Waals surface area contributed by atoms with Gasteiger partial charge in [-0.2, -0.15) is 0 Å². The molecule has 3 rings (SSSR count). The van der Waals surface area contributed by atoms with Crippen molar-refractivity contribution in [3.63, 3.8) is 0 Å². The minimum absolute atomic E-state index is 0.594. The monoisotopic (exact) mass is 367 g/mol. The highest BCUT2D eigenvalue weighted by atomic mass is 35.5. The topological polar surface area (TPSA) is 37.0 Å². The minimum Gasteiger partial charge on any atom is -0.384 e. The van der Waals surface area contributed by atoms with Gasteiger partial charge in [-0.25, -0.2) is 0 Å². The van der Waals surface area contributed by atoms with Gasteiger partial charge in [0.15, 0.2) is 0 Å². The SMILES string of the molecule is CC(CCNCCCNc1ccnc2cc(Cl)ccc12)c1ccccc1. The lowest BCUT2D eigenvalue weighted by atomic mass is 9.98. The van der Waals surface area contributed by atoms with Crippen LogP contribution in [0.2, 0.25) is 5.02 Å². The summed E-state index contributed by atoms with van der Waals surface area (Å²) in [5.74, 6) is 0.594. The van der Waals surface area contributed by atoms with E-state index >= 15 is 0 Å². The molecule has 3 aromatic rings. The first kappa shape index (κ1) is 18.7. The zero-order valence-corrected chi connectivity index (χ0v) is 16.0. The van der Waals surface area contributed by atoms with Crippen molar-refractivity contribution in [1.82, 2.24) is 10.3 Å². The maximum Gasteiger partial charge on any atom is 0.0737 e. The predicted molar refractivity (Wildman–Crippen MR) is 112 cm³/mol. The van der Waals surface area contributed by atoms with E-state index in [2.05, 4.69) is 52.9 Å². The van der Waals surface area contributed by atoms with Crippen molar-refractivity contribution in [3.05, 3.63) is 71.4 Å². The molecule has 2 aromatic carbocycles. The number of hydrogen-bond donors (Lipinski definition) is 2. The zero-order valence-electron chi connectivity index (χ0n) is 15.2. The number of aromatic nitrogens is 1. The average molecular weight is 368 g/mol. The van der Waals surface area contributed by atoms with Crippen molar-refractivity contribution >= 4 is 28.2 Å². The van der Waals surface area contributed by atoms with Crippen LogP contribution in [-0.2, 0) is 0 Å². The Morgan fingerprint density at radius 2 is 1.85 bits per heavy atom. The van der Waals surface area contributed by atoms with Crippen LogP contribution in [-0.4, -0.2) is 24.6 Å². The summed E-state index contributed by atoms with van der Waals surface area (Å²) in [6, 6.07) is 18.6. The van der Waals surface area contributed by atoms with Crippen molar-refractivity contribution < 1.29 is 0 Å². The molecule has 1 unspecified atom stereocenters. The number of fused-ring (bicyclic) bond motifs is 1. The lowest BCUT2D eigenvalue weighted by Crippen LogP contribution is -2.20. The zero-order chi connectivity index (χ0) is 18.2. The number of hydrogen-bond acceptors (Lipinski definition) is 3. The van der Waals surface area contributed by atoms with Crippen LogP contribution in [0.15, 0.2) is 60.8 Å². The average Bonchev–Trinajstić information content (AvgIpc) is 2.67. The molecule has 26 heavy (non-hydrogen) atoms. The Balaban J connectivity index is 1.36. The van der Waals surface area contributed by atoms with Crippen LogP contribution in [0.3, 0.4) is 0 Å². The Morgan fingerprint density at radius 1 is 1.00 bits per heavy atom. The summed E-state index contributed by atoms with van der Waals surface area (Å²) >= 11 is 6.04. The highest BCUT2D eigenvalue weighted by molar-refractivity contribution is 6.31. The molecule has 0 amide bonds. The van der Waals surface area contributed by atoms with Crippen LogP contribution in [0.5, 0.6) is 0 Å². The summed E-state index contributed by atoms with van der Waals surface area (Å²) in [5, 5.41) is 8.89. The van der Waals surface area contributed by atoms with Crippen LogP contribution in [0, 0.1) is 0 Å². The van der Waals surface area contributed by atoms with E-state index in [-0.39, 0.29) is 0 Å². The number of rotatable bonds is 9. The quantitative estimate of drug-likeness (QED) is 0.492. The predicted octanol–water partition coefficient (Wildman–Crippen LogP) is 5.47. The summed E-state index contributed by atoms with van der Waals surface area (Å²) in [7, 11) is 0. The standard InChI is InChI=1S/C22H26ClN3/c1-17(18-6-3-2-4-7-18)10-14-24-12-5-13-25-21-11-15-26-22-16-19(23)8-9-20(21)22/h2-4,6-9,11,15-17,24H,5,10,12-14H2,1H3,(H,25,26). The van der Waals surface area contributed by atoms with Gasteiger partial charge >= 0.3 is 0 Å². The number of pyridine rings is 1. The fourth-order valence-electron chi connectivity index (χ4n) is 3.10. The van der Waals surface area contributed by atoms with E-state index in [0.29, 0.717) is 5.92 Å². The highest BCUT2D eigenvalue weighted by Gasteiger charge is 2.04. The molecule has 0 saturated heterocycles. The first-order valence-corrected chi connectivity index (χ1v) is 9.65. The van der Waals surface area contributed by atoms with E-state index in [4.69, 9.17) is 11.6 Å². The van der Waals surface area contributed by atoms with Gasteiger partial charge in [0, 0.05) is 28.8 Å². The third-order valence-electron chi connectivity index (χ3n) is 4.67. The summed E-state index contributed by atoms with van der Waals surface area (Å²) in [4.78, 5) is 4.38. The third kappa shape index (κ3) is 5.20. The van der Waals surface area contributed by atoms with Gasteiger partial charge in [0.25, 0.3) is 0 Å². The van der Waals surface area contributed by atoms with E-state index in [1.54, 1.807) is 0 Å². The van der Waals surface area contributed by atoms with E-state index < -0.39 is 0 Å². The Bertz CT molecular complexity index is 820. The molecule has 0 fully saturated rings. The first-order valence-electron chi connectivity index (χ1n) is 9.28. The number of benzene rings is 2. The van der Waals surface area contributed by atoms with Crippen molar-refractivity contribution in [2.75, 3.05) is 25.0 Å². The summed E-state index contributed by atoms with van der Waals surface area (Å²) in [6.45, 7) is 5.29. The van der Waals surface area contributed by atoms with E-state index in [0.717, 1.165) is 54.1 Å². The molecule has 0 saturated carbocycles. The Hall–Kier alpha value is -2.10. The molecular weight excluding hydrogens is 342 g/mol. The lowest BCUT2D eigenvalue weighted by molar-refractivity contribution is 0.586. The van der Waals surface area contributed by atoms with Gasteiger partial charge in [0.05, 0.1) is 5.52 Å². The number of nitrogens with one attached hydrogen (secondary N) is 2. The Labute approximate surface area is 160 Å². The van der Waals surface area contributed by atoms with E-state index in [1.165, 1.54) is 5.56 Å². The Kier molecular flexibility index (Phi) is 6.87. The second-order valence-corrected chi connectivity index (χ2v) is 7.09. The minimum atomic E-state index is 0.594. The van der Waals surface area contributed by atoms with Crippen molar-refractivity contribution in [1.29, 1.82) is 0 Å². The molecule has 3 nitrogen and oxygen atoms in total. The second kappa shape index (κ2) is 9.56. The molecule has 0 aliphatic rings. The molecule has 136 valence electrons. The maximum absolute atomic E-state index is 6.04. The van der Waals surface area contributed by atoms with E-state index in [9.17, 15) is 0 Å². The van der Waals surface area contributed by atoms with Gasteiger partial charge in [-0.3, -0.25) is 4.98 Å². The van der Waals surface area contributed by atoms with Crippen LogP contribution in [0.25, 0.3) is 10.9 Å². The number of nitrogens with zero attached hydrogens (tertiary/aromatic N) is 1. The van der Waals surface area contributed by atoms with Gasteiger partial charge < -0.3 is 10.6 Å². The summed E-state index contributed by atoms with van der Waals surface area (Å²) < 4.78 is 0. The summed E-state index contributed by atoms with van der Waals surface area (Å²) in [5.41, 5.74) is 3.46. The van der Waals surface area contributed by atoms with Crippen LogP contribution in [0.4, 0.5) is 5.69 Å². The van der Waals surface area contributed by atoms with Gasteiger partial charge in [-0.05, 0) is 61.7 Å². The maximum atomic E-state index is 6.04. The first-order chi connectivity index (χ1) is 12.7. The van der Waals surface area contributed by atoms with Gasteiger partial charge in [-0.1, -0.05) is 48.9 Å². The molecule has 0 spiro atoms. The van der Waals surface area contributed by atoms with E-state index in [1.807, 2.05) is 30.5 Å². The fraction of sp³-hybridized carbons (Fsp3) is 0.318. The van der Waals surface area contributed by atoms with Crippen LogP contribution < -0.4 is 10.6 Å². The molecule has 0 aliphatic heterocycles. The highest BCUT2D eigenvalue weighted by Crippen LogP contribution is 2.24. The van der Waals surface area contributed by atoms with Gasteiger partial charge in [0.2, 0.25) is 0 Å². The second-order valence-electron chi connectivity index (χ2n) is 6.65. The van der Waals surface area contributed by atoms with Crippen molar-refractivity contribution in [3.8, 4) is 0 Å². The van der Waals surface area contributed by atoms with Crippen LogP contribution in [0.1, 0.15) is 31.2 Å². The molecule has 0 bridgehead atoms. The molecule has 1 aromatic heterocycles. The lowest BCUT2D eigenvalue weighted by Gasteiger charge is -2.13. The van der Waals surface area contributed by atoms with Gasteiger partial charge in [-0.15, -0.1) is 0 Å². The fourth-order valence-corrected chi connectivity index (χ4v) is 3.27. The molecule has 1 atom stereocenters.